The van der Waals surface area contributed by atoms with Crippen LogP contribution in [0.25, 0.3) is 0 Å². The lowest BCUT2D eigenvalue weighted by molar-refractivity contribution is 0.0995. The Morgan fingerprint density at radius 1 is 1.45 bits per heavy atom. The highest BCUT2D eigenvalue weighted by molar-refractivity contribution is 5.92. The van der Waals surface area contributed by atoms with Gasteiger partial charge in [0.2, 0.25) is 0 Å². The van der Waals surface area contributed by atoms with E-state index in [4.69, 9.17) is 5.73 Å². The van der Waals surface area contributed by atoms with Crippen molar-refractivity contribution in [2.75, 3.05) is 12.4 Å². The molecule has 0 bridgehead atoms. The molecule has 3 N–H and O–H groups in total. The predicted molar refractivity (Wildman–Crippen MR) is 76.3 cm³/mol. The number of amides is 3. The quantitative estimate of drug-likeness (QED) is 0.879. The van der Waals surface area contributed by atoms with Crippen LogP contribution in [-0.4, -0.2) is 34.9 Å². The van der Waals surface area contributed by atoms with Crippen LogP contribution < -0.4 is 11.1 Å². The molecule has 0 aliphatic heterocycles. The minimum Gasteiger partial charge on any atom is -0.364 e. The molecule has 1 aromatic rings. The topological polar surface area (TPSA) is 88.3 Å². The van der Waals surface area contributed by atoms with Crippen molar-refractivity contribution in [3.05, 3.63) is 24.0 Å². The molecular formula is C14H20N4O2. The average Bonchev–Trinajstić information content (AvgIpc) is 3.17. The van der Waals surface area contributed by atoms with E-state index >= 15 is 0 Å². The van der Waals surface area contributed by atoms with Gasteiger partial charge in [0.05, 0.1) is 11.9 Å². The number of nitrogens with two attached hydrogens (primary N) is 1. The van der Waals surface area contributed by atoms with Crippen molar-refractivity contribution in [1.82, 2.24) is 9.88 Å². The lowest BCUT2D eigenvalue weighted by Crippen LogP contribution is -2.42. The summed E-state index contributed by atoms with van der Waals surface area (Å²) in [5.74, 6) is -0.588. The largest absolute Gasteiger partial charge is 0.364 e. The Balaban J connectivity index is 1.98. The molecule has 2 rings (SSSR count). The summed E-state index contributed by atoms with van der Waals surface area (Å²) in [6, 6.07) is 3.10. The van der Waals surface area contributed by atoms with Crippen molar-refractivity contribution < 1.29 is 9.59 Å². The van der Waals surface area contributed by atoms with Gasteiger partial charge in [-0.05, 0) is 37.3 Å². The van der Waals surface area contributed by atoms with E-state index in [-0.39, 0.29) is 23.2 Å². The molecule has 1 aliphatic rings. The van der Waals surface area contributed by atoms with Gasteiger partial charge in [-0.3, -0.25) is 4.79 Å². The number of hydrogen-bond acceptors (Lipinski definition) is 3. The molecule has 1 saturated carbocycles. The number of pyridine rings is 1. The molecule has 0 spiro atoms. The Labute approximate surface area is 118 Å². The summed E-state index contributed by atoms with van der Waals surface area (Å²) in [5.41, 5.74) is 6.06. The number of carbonyl (C=O) groups excluding carboxylic acids is 2. The van der Waals surface area contributed by atoms with E-state index in [1.165, 1.54) is 12.3 Å². The predicted octanol–water partition coefficient (Wildman–Crippen LogP) is 1.83. The Bertz CT molecular complexity index is 522. The first-order valence-electron chi connectivity index (χ1n) is 6.63. The van der Waals surface area contributed by atoms with Gasteiger partial charge in [-0.25, -0.2) is 9.78 Å². The minimum atomic E-state index is -0.588. The number of aromatic nitrogens is 1. The Morgan fingerprint density at radius 2 is 2.10 bits per heavy atom. The number of nitrogens with zero attached hydrogens (tertiary/aromatic N) is 2. The van der Waals surface area contributed by atoms with Crippen LogP contribution in [0.15, 0.2) is 18.3 Å². The fourth-order valence-electron chi connectivity index (χ4n) is 2.08. The zero-order valence-corrected chi connectivity index (χ0v) is 12.0. The highest BCUT2D eigenvalue weighted by Crippen LogP contribution is 2.49. The third-order valence-electron chi connectivity index (χ3n) is 4.22. The van der Waals surface area contributed by atoms with E-state index in [1.807, 2.05) is 0 Å². The van der Waals surface area contributed by atoms with E-state index in [0.29, 0.717) is 5.69 Å². The second-order valence-corrected chi connectivity index (χ2v) is 5.67. The van der Waals surface area contributed by atoms with Crippen LogP contribution in [0.3, 0.4) is 0 Å². The number of nitrogens with one attached hydrogen (secondary N) is 1. The molecule has 0 aromatic carbocycles. The van der Waals surface area contributed by atoms with Crippen molar-refractivity contribution >= 4 is 17.6 Å². The zero-order valence-electron chi connectivity index (χ0n) is 12.0. The van der Waals surface area contributed by atoms with Gasteiger partial charge >= 0.3 is 6.03 Å². The summed E-state index contributed by atoms with van der Waals surface area (Å²) in [5, 5.41) is 2.76. The van der Waals surface area contributed by atoms with Gasteiger partial charge in [0.15, 0.2) is 0 Å². The van der Waals surface area contributed by atoms with Crippen LogP contribution in [-0.2, 0) is 0 Å². The van der Waals surface area contributed by atoms with Crippen molar-refractivity contribution in [2.45, 2.75) is 32.7 Å². The highest BCUT2D eigenvalue weighted by Gasteiger charge is 2.45. The molecule has 0 unspecified atom stereocenters. The molecule has 20 heavy (non-hydrogen) atoms. The summed E-state index contributed by atoms with van der Waals surface area (Å²) in [6.45, 7) is 4.24. The van der Waals surface area contributed by atoms with Crippen LogP contribution in [0.5, 0.6) is 0 Å². The normalized spacial score (nSPS) is 17.1. The molecule has 1 aliphatic carbocycles. The Hall–Kier alpha value is -2.11. The number of urea groups is 1. The van der Waals surface area contributed by atoms with Gasteiger partial charge in [0.25, 0.3) is 5.91 Å². The molecular weight excluding hydrogens is 256 g/mol. The van der Waals surface area contributed by atoms with E-state index in [9.17, 15) is 9.59 Å². The second kappa shape index (κ2) is 5.11. The summed E-state index contributed by atoms with van der Waals surface area (Å²) in [4.78, 5) is 28.6. The number of hydrogen-bond donors (Lipinski definition) is 2. The maximum Gasteiger partial charge on any atom is 0.321 e. The van der Waals surface area contributed by atoms with Crippen molar-refractivity contribution in [3.63, 3.8) is 0 Å². The van der Waals surface area contributed by atoms with Crippen molar-refractivity contribution in [2.24, 2.45) is 11.1 Å². The van der Waals surface area contributed by atoms with E-state index in [1.54, 1.807) is 18.0 Å². The first-order valence-corrected chi connectivity index (χ1v) is 6.63. The summed E-state index contributed by atoms with van der Waals surface area (Å²) < 4.78 is 0. The number of carbonyl (C=O) groups is 2. The van der Waals surface area contributed by atoms with Gasteiger partial charge < -0.3 is 16.0 Å². The average molecular weight is 276 g/mol. The SMILES string of the molecule is C[C@H](N(C)C(=O)Nc1ccc(C(N)=O)nc1)C1(C)CC1. The van der Waals surface area contributed by atoms with Crippen LogP contribution in [0.1, 0.15) is 37.2 Å². The van der Waals surface area contributed by atoms with Crippen LogP contribution >= 0.6 is 0 Å². The minimum absolute atomic E-state index is 0.176. The van der Waals surface area contributed by atoms with Gasteiger partial charge in [-0.1, -0.05) is 6.92 Å². The van der Waals surface area contributed by atoms with Crippen LogP contribution in [0.2, 0.25) is 0 Å². The fraction of sp³-hybridized carbons (Fsp3) is 0.500. The molecule has 0 radical (unpaired) electrons. The van der Waals surface area contributed by atoms with Gasteiger partial charge in [0.1, 0.15) is 5.69 Å². The number of anilines is 1. The second-order valence-electron chi connectivity index (χ2n) is 5.67. The van der Waals surface area contributed by atoms with Crippen LogP contribution in [0, 0.1) is 5.41 Å². The number of primary amides is 1. The molecule has 0 saturated heterocycles. The smallest absolute Gasteiger partial charge is 0.321 e. The zero-order chi connectivity index (χ0) is 14.9. The van der Waals surface area contributed by atoms with Gasteiger partial charge in [-0.2, -0.15) is 0 Å². The van der Waals surface area contributed by atoms with Crippen molar-refractivity contribution in [1.29, 1.82) is 0 Å². The van der Waals surface area contributed by atoms with Crippen molar-refractivity contribution in [3.8, 4) is 0 Å². The summed E-state index contributed by atoms with van der Waals surface area (Å²) in [7, 11) is 1.79. The molecule has 108 valence electrons. The first-order chi connectivity index (χ1) is 9.33. The molecule has 3 amide bonds. The molecule has 6 nitrogen and oxygen atoms in total. The highest BCUT2D eigenvalue weighted by atomic mass is 16.2. The molecule has 1 fully saturated rings. The monoisotopic (exact) mass is 276 g/mol. The van der Waals surface area contributed by atoms with E-state index < -0.39 is 5.91 Å². The molecule has 1 atom stereocenters. The van der Waals surface area contributed by atoms with Crippen LogP contribution in [0.4, 0.5) is 10.5 Å². The molecule has 1 heterocycles. The first kappa shape index (κ1) is 14.3. The third kappa shape index (κ3) is 2.89. The summed E-state index contributed by atoms with van der Waals surface area (Å²) >= 11 is 0. The lowest BCUT2D eigenvalue weighted by Gasteiger charge is -2.30. The van der Waals surface area contributed by atoms with E-state index in [0.717, 1.165) is 12.8 Å². The maximum absolute atomic E-state index is 12.1. The Morgan fingerprint density at radius 3 is 2.55 bits per heavy atom. The summed E-state index contributed by atoms with van der Waals surface area (Å²) in [6.07, 6.45) is 3.73. The Kier molecular flexibility index (Phi) is 3.65. The molecule has 1 aromatic heterocycles. The lowest BCUT2D eigenvalue weighted by atomic mass is 10.00. The fourth-order valence-corrected chi connectivity index (χ4v) is 2.08. The number of rotatable bonds is 4. The molecule has 6 heteroatoms. The van der Waals surface area contributed by atoms with E-state index in [2.05, 4.69) is 24.1 Å². The van der Waals surface area contributed by atoms with Gasteiger partial charge in [0, 0.05) is 13.1 Å². The standard InChI is InChI=1S/C14H20N4O2/c1-9(14(2)6-7-14)18(3)13(20)17-10-4-5-11(12(15)19)16-8-10/h4-5,8-9H,6-7H2,1-3H3,(H2,15,19)(H,17,20)/t9-/m0/s1. The third-order valence-corrected chi connectivity index (χ3v) is 4.22. The van der Waals surface area contributed by atoms with Gasteiger partial charge in [-0.15, -0.1) is 0 Å². The maximum atomic E-state index is 12.1.